The van der Waals surface area contributed by atoms with Crippen molar-refractivity contribution in [1.82, 2.24) is 5.43 Å². The Balaban J connectivity index is 1.55. The summed E-state index contributed by atoms with van der Waals surface area (Å²) >= 11 is 5.80. The molecule has 0 saturated carbocycles. The lowest BCUT2D eigenvalue weighted by molar-refractivity contribution is -0.123. The van der Waals surface area contributed by atoms with Gasteiger partial charge in [0.15, 0.2) is 18.1 Å². The molecular weight excluding hydrogens is 420 g/mol. The van der Waals surface area contributed by atoms with Crippen molar-refractivity contribution in [3.05, 3.63) is 88.9 Å². The number of amides is 1. The topological polar surface area (TPSA) is 86.2 Å². The second kappa shape index (κ2) is 10.8. The molecule has 0 bridgehead atoms. The zero-order chi connectivity index (χ0) is 22.1. The molecule has 0 atom stereocenters. The summed E-state index contributed by atoms with van der Waals surface area (Å²) < 4.78 is 16.0. The Bertz CT molecular complexity index is 1070. The fourth-order valence-corrected chi connectivity index (χ4v) is 2.60. The zero-order valence-electron chi connectivity index (χ0n) is 16.6. The Morgan fingerprint density at radius 1 is 1.00 bits per heavy atom. The van der Waals surface area contributed by atoms with Crippen molar-refractivity contribution in [1.29, 1.82) is 0 Å². The van der Waals surface area contributed by atoms with E-state index in [2.05, 4.69) is 10.5 Å². The molecule has 1 N–H and O–H groups in total. The molecular formula is C23H19ClN2O5. The van der Waals surface area contributed by atoms with Gasteiger partial charge in [-0.05, 0) is 60.2 Å². The molecule has 0 aromatic heterocycles. The number of hydrazone groups is 1. The van der Waals surface area contributed by atoms with Gasteiger partial charge in [-0.25, -0.2) is 10.2 Å². The highest BCUT2D eigenvalue weighted by molar-refractivity contribution is 6.30. The normalized spacial score (nSPS) is 10.5. The Morgan fingerprint density at radius 2 is 1.74 bits per heavy atom. The highest BCUT2D eigenvalue weighted by Gasteiger charge is 2.12. The molecule has 7 nitrogen and oxygen atoms in total. The van der Waals surface area contributed by atoms with Gasteiger partial charge in [-0.1, -0.05) is 29.8 Å². The van der Waals surface area contributed by atoms with E-state index in [-0.39, 0.29) is 12.4 Å². The van der Waals surface area contributed by atoms with E-state index < -0.39 is 11.9 Å². The average molecular weight is 439 g/mol. The fraction of sp³-hybridized carbons (Fsp3) is 0.0870. The first-order valence-corrected chi connectivity index (χ1v) is 9.58. The largest absolute Gasteiger partial charge is 0.493 e. The third kappa shape index (κ3) is 6.58. The van der Waals surface area contributed by atoms with Crippen molar-refractivity contribution in [3.63, 3.8) is 0 Å². The minimum absolute atomic E-state index is 0.198. The minimum atomic E-state index is -0.492. The SMILES string of the molecule is COc1cc(/C=N/NC(=O)COc2ccc(Cl)cc2)ccc1OC(=O)c1ccccc1. The first-order chi connectivity index (χ1) is 15.0. The van der Waals surface area contributed by atoms with E-state index in [1.54, 1.807) is 66.7 Å². The van der Waals surface area contributed by atoms with Crippen LogP contribution < -0.4 is 19.6 Å². The first kappa shape index (κ1) is 21.9. The van der Waals surface area contributed by atoms with E-state index in [1.807, 2.05) is 6.07 Å². The van der Waals surface area contributed by atoms with Gasteiger partial charge in [-0.2, -0.15) is 5.10 Å². The van der Waals surface area contributed by atoms with E-state index in [0.29, 0.717) is 27.6 Å². The van der Waals surface area contributed by atoms with Crippen LogP contribution in [0.15, 0.2) is 77.9 Å². The number of methoxy groups -OCH3 is 1. The Hall–Kier alpha value is -3.84. The first-order valence-electron chi connectivity index (χ1n) is 9.20. The van der Waals surface area contributed by atoms with Gasteiger partial charge in [0, 0.05) is 5.02 Å². The maximum Gasteiger partial charge on any atom is 0.343 e. The number of hydrogen-bond donors (Lipinski definition) is 1. The number of halogens is 1. The number of benzene rings is 3. The smallest absolute Gasteiger partial charge is 0.343 e. The van der Waals surface area contributed by atoms with Crippen molar-refractivity contribution in [3.8, 4) is 17.2 Å². The highest BCUT2D eigenvalue weighted by atomic mass is 35.5. The molecule has 0 fully saturated rings. The molecule has 3 rings (SSSR count). The number of hydrogen-bond acceptors (Lipinski definition) is 6. The van der Waals surface area contributed by atoms with Gasteiger partial charge in [-0.15, -0.1) is 0 Å². The van der Waals surface area contributed by atoms with E-state index in [4.69, 9.17) is 25.8 Å². The van der Waals surface area contributed by atoms with Crippen molar-refractivity contribution in [2.45, 2.75) is 0 Å². The van der Waals surface area contributed by atoms with Gasteiger partial charge in [0.1, 0.15) is 5.75 Å². The van der Waals surface area contributed by atoms with Crippen LogP contribution in [0.4, 0.5) is 0 Å². The number of nitrogens with one attached hydrogen (secondary N) is 1. The van der Waals surface area contributed by atoms with Gasteiger partial charge in [-0.3, -0.25) is 4.79 Å². The third-order valence-corrected chi connectivity index (χ3v) is 4.24. The Labute approximate surface area is 184 Å². The number of carbonyl (C=O) groups is 2. The number of carbonyl (C=O) groups excluding carboxylic acids is 2. The predicted octanol–water partition coefficient (Wildman–Crippen LogP) is 4.10. The summed E-state index contributed by atoms with van der Waals surface area (Å²) in [6.45, 7) is -0.198. The molecule has 0 spiro atoms. The van der Waals surface area contributed by atoms with Crippen LogP contribution in [0, 0.1) is 0 Å². The standard InChI is InChI=1S/C23H19ClN2O5/c1-29-21-13-16(7-12-20(21)31-23(28)17-5-3-2-4-6-17)14-25-26-22(27)15-30-19-10-8-18(24)9-11-19/h2-14H,15H2,1H3,(H,26,27)/b25-14+. The predicted molar refractivity (Wildman–Crippen MR) is 117 cm³/mol. The fourth-order valence-electron chi connectivity index (χ4n) is 2.47. The summed E-state index contributed by atoms with van der Waals surface area (Å²) in [5, 5.41) is 4.47. The second-order valence-electron chi connectivity index (χ2n) is 6.20. The summed E-state index contributed by atoms with van der Waals surface area (Å²) in [5.41, 5.74) is 3.44. The summed E-state index contributed by atoms with van der Waals surface area (Å²) in [6, 6.07) is 20.2. The van der Waals surface area contributed by atoms with Crippen LogP contribution in [0.5, 0.6) is 17.2 Å². The van der Waals surface area contributed by atoms with Gasteiger partial charge < -0.3 is 14.2 Å². The van der Waals surface area contributed by atoms with E-state index in [0.717, 1.165) is 0 Å². The average Bonchev–Trinajstić information content (AvgIpc) is 2.80. The van der Waals surface area contributed by atoms with Crippen LogP contribution >= 0.6 is 11.6 Å². The molecule has 3 aromatic rings. The van der Waals surface area contributed by atoms with E-state index in [1.165, 1.54) is 13.3 Å². The van der Waals surface area contributed by atoms with Gasteiger partial charge in [0.05, 0.1) is 18.9 Å². The van der Waals surface area contributed by atoms with Crippen LogP contribution in [0.1, 0.15) is 15.9 Å². The molecule has 158 valence electrons. The van der Waals surface area contributed by atoms with Gasteiger partial charge >= 0.3 is 5.97 Å². The molecule has 0 radical (unpaired) electrons. The monoisotopic (exact) mass is 438 g/mol. The maximum atomic E-state index is 12.2. The van der Waals surface area contributed by atoms with Crippen LogP contribution in [0.25, 0.3) is 0 Å². The van der Waals surface area contributed by atoms with Crippen molar-refractivity contribution >= 4 is 29.7 Å². The van der Waals surface area contributed by atoms with E-state index in [9.17, 15) is 9.59 Å². The molecule has 0 saturated heterocycles. The molecule has 0 heterocycles. The molecule has 3 aromatic carbocycles. The summed E-state index contributed by atoms with van der Waals surface area (Å²) in [5.74, 6) is 0.230. The van der Waals surface area contributed by atoms with Crippen LogP contribution in [-0.2, 0) is 4.79 Å². The van der Waals surface area contributed by atoms with Crippen LogP contribution in [0.2, 0.25) is 5.02 Å². The molecule has 0 aliphatic rings. The molecule has 0 aliphatic heterocycles. The lowest BCUT2D eigenvalue weighted by Crippen LogP contribution is -2.24. The maximum absolute atomic E-state index is 12.2. The zero-order valence-corrected chi connectivity index (χ0v) is 17.3. The number of rotatable bonds is 8. The van der Waals surface area contributed by atoms with E-state index >= 15 is 0 Å². The lowest BCUT2D eigenvalue weighted by Gasteiger charge is -2.10. The Kier molecular flexibility index (Phi) is 7.61. The Morgan fingerprint density at radius 3 is 2.45 bits per heavy atom. The van der Waals surface area contributed by atoms with Crippen molar-refractivity contribution < 1.29 is 23.8 Å². The minimum Gasteiger partial charge on any atom is -0.493 e. The number of nitrogens with zero attached hydrogens (tertiary/aromatic N) is 1. The van der Waals surface area contributed by atoms with Crippen molar-refractivity contribution in [2.24, 2.45) is 5.10 Å². The van der Waals surface area contributed by atoms with Crippen molar-refractivity contribution in [2.75, 3.05) is 13.7 Å². The lowest BCUT2D eigenvalue weighted by atomic mass is 10.2. The summed E-state index contributed by atoms with van der Waals surface area (Å²) in [7, 11) is 1.46. The molecule has 31 heavy (non-hydrogen) atoms. The quantitative estimate of drug-likeness (QED) is 0.248. The molecule has 0 aliphatic carbocycles. The third-order valence-electron chi connectivity index (χ3n) is 3.99. The molecule has 0 unspecified atom stereocenters. The molecule has 8 heteroatoms. The molecule has 1 amide bonds. The summed E-state index contributed by atoms with van der Waals surface area (Å²) in [6.07, 6.45) is 1.44. The second-order valence-corrected chi connectivity index (χ2v) is 6.64. The van der Waals surface area contributed by atoms with Crippen LogP contribution in [-0.4, -0.2) is 31.8 Å². The number of ether oxygens (including phenoxy) is 3. The van der Waals surface area contributed by atoms with Crippen LogP contribution in [0.3, 0.4) is 0 Å². The van der Waals surface area contributed by atoms with Gasteiger partial charge in [0.25, 0.3) is 5.91 Å². The summed E-state index contributed by atoms with van der Waals surface area (Å²) in [4.78, 5) is 24.1. The van der Waals surface area contributed by atoms with Gasteiger partial charge in [0.2, 0.25) is 0 Å². The number of esters is 1. The highest BCUT2D eigenvalue weighted by Crippen LogP contribution is 2.28.